The van der Waals surface area contributed by atoms with Crippen LogP contribution in [0.4, 0.5) is 0 Å². The fourth-order valence-corrected chi connectivity index (χ4v) is 6.29. The molecule has 0 aliphatic rings. The van der Waals surface area contributed by atoms with Crippen molar-refractivity contribution >= 4 is 19.8 Å². The van der Waals surface area contributed by atoms with Crippen LogP contribution < -0.4 is 5.73 Å². The highest BCUT2D eigenvalue weighted by Gasteiger charge is 2.25. The van der Waals surface area contributed by atoms with E-state index >= 15 is 0 Å². The van der Waals surface area contributed by atoms with E-state index < -0.39 is 32.5 Å². The minimum atomic E-state index is -4.40. The van der Waals surface area contributed by atoms with Crippen LogP contribution in [0.2, 0.25) is 0 Å². The van der Waals surface area contributed by atoms with Crippen molar-refractivity contribution in [3.8, 4) is 0 Å². The van der Waals surface area contributed by atoms with Crippen molar-refractivity contribution in [3.05, 3.63) is 36.5 Å². The number of phosphoric acid groups is 1. The Bertz CT molecular complexity index is 939. The Balaban J connectivity index is 4.28. The molecule has 0 heterocycles. The average Bonchev–Trinajstić information content (AvgIpc) is 3.11. The number of unbranched alkanes of at least 4 members (excludes halogenated alkanes) is 22. The second-order valence-corrected chi connectivity index (χ2v) is 15.0. The van der Waals surface area contributed by atoms with Crippen LogP contribution in [0.5, 0.6) is 0 Å². The number of allylic oxidation sites excluding steroid dienone is 5. The van der Waals surface area contributed by atoms with Crippen LogP contribution in [0.25, 0.3) is 0 Å². The molecule has 0 bridgehead atoms. The number of phosphoric ester groups is 1. The first-order chi connectivity index (χ1) is 24.8. The van der Waals surface area contributed by atoms with Gasteiger partial charge in [0, 0.05) is 19.0 Å². The van der Waals surface area contributed by atoms with Crippen LogP contribution in [0.1, 0.15) is 181 Å². The first kappa shape index (κ1) is 49.2. The Hall–Kier alpha value is -1.77. The molecule has 298 valence electrons. The Kier molecular flexibility index (Phi) is 36.7. The van der Waals surface area contributed by atoms with Crippen LogP contribution in [0.3, 0.4) is 0 Å². The van der Waals surface area contributed by atoms with Crippen molar-refractivity contribution in [1.29, 1.82) is 0 Å². The van der Waals surface area contributed by atoms with Gasteiger partial charge in [0.1, 0.15) is 6.61 Å². The summed E-state index contributed by atoms with van der Waals surface area (Å²) in [5.41, 5.74) is 5.33. The van der Waals surface area contributed by atoms with E-state index in [-0.39, 0.29) is 26.2 Å². The van der Waals surface area contributed by atoms with Gasteiger partial charge < -0.3 is 20.1 Å². The maximum atomic E-state index is 12.4. The molecule has 0 aromatic heterocycles. The SMILES string of the molecule is CCCC/C=C/CCCCCCCCCCCC(=O)OC[C@H](COP(=O)(O)OCCN)OC(=O)/C=C/C=C/CCCCCCCCCCCCC. The number of hydrogen-bond acceptors (Lipinski definition) is 8. The van der Waals surface area contributed by atoms with Gasteiger partial charge in [-0.25, -0.2) is 9.36 Å². The van der Waals surface area contributed by atoms with Gasteiger partial charge in [-0.3, -0.25) is 13.8 Å². The van der Waals surface area contributed by atoms with Gasteiger partial charge in [0.15, 0.2) is 6.10 Å². The zero-order chi connectivity index (χ0) is 37.5. The molecule has 3 N–H and O–H groups in total. The molecule has 0 saturated heterocycles. The highest BCUT2D eigenvalue weighted by molar-refractivity contribution is 7.47. The Labute approximate surface area is 312 Å². The molecule has 0 spiro atoms. The molecule has 0 radical (unpaired) electrons. The number of carbonyl (C=O) groups excluding carboxylic acids is 2. The van der Waals surface area contributed by atoms with Gasteiger partial charge in [-0.15, -0.1) is 0 Å². The third-order valence-corrected chi connectivity index (χ3v) is 9.59. The molecule has 0 aromatic carbocycles. The highest BCUT2D eigenvalue weighted by Crippen LogP contribution is 2.43. The fraction of sp³-hybridized carbons (Fsp3) is 0.805. The predicted octanol–water partition coefficient (Wildman–Crippen LogP) is 11.4. The summed E-state index contributed by atoms with van der Waals surface area (Å²) in [5, 5.41) is 0. The van der Waals surface area contributed by atoms with Crippen LogP contribution in [0.15, 0.2) is 36.5 Å². The quantitative estimate of drug-likeness (QED) is 0.0158. The number of nitrogens with two attached hydrogens (primary N) is 1. The van der Waals surface area contributed by atoms with E-state index in [0.29, 0.717) is 0 Å². The predicted molar refractivity (Wildman–Crippen MR) is 210 cm³/mol. The molecule has 1 unspecified atom stereocenters. The van der Waals surface area contributed by atoms with E-state index in [9.17, 15) is 19.0 Å². The summed E-state index contributed by atoms with van der Waals surface area (Å²) in [4.78, 5) is 34.6. The van der Waals surface area contributed by atoms with Crippen LogP contribution >= 0.6 is 7.82 Å². The molecular weight excluding hydrogens is 665 g/mol. The van der Waals surface area contributed by atoms with Crippen LogP contribution in [-0.4, -0.2) is 49.3 Å². The van der Waals surface area contributed by atoms with E-state index in [1.807, 2.05) is 6.08 Å². The minimum Gasteiger partial charge on any atom is -0.462 e. The van der Waals surface area contributed by atoms with Crippen molar-refractivity contribution < 1.29 is 37.6 Å². The third-order valence-electron chi connectivity index (χ3n) is 8.61. The summed E-state index contributed by atoms with van der Waals surface area (Å²) in [5.74, 6) is -1.08. The zero-order valence-corrected chi connectivity index (χ0v) is 33.5. The number of rotatable bonds is 38. The highest BCUT2D eigenvalue weighted by atomic mass is 31.2. The lowest BCUT2D eigenvalue weighted by Gasteiger charge is -2.19. The van der Waals surface area contributed by atoms with Crippen molar-refractivity contribution in [2.45, 2.75) is 187 Å². The molecule has 0 rings (SSSR count). The van der Waals surface area contributed by atoms with Crippen LogP contribution in [0, 0.1) is 0 Å². The smallest absolute Gasteiger partial charge is 0.462 e. The van der Waals surface area contributed by atoms with Gasteiger partial charge in [0.05, 0.1) is 13.2 Å². The normalized spacial score (nSPS) is 13.7. The number of esters is 2. The number of ether oxygens (including phenoxy) is 2. The summed E-state index contributed by atoms with van der Waals surface area (Å²) >= 11 is 0. The summed E-state index contributed by atoms with van der Waals surface area (Å²) < 4.78 is 32.5. The maximum absolute atomic E-state index is 12.4. The lowest BCUT2D eigenvalue weighted by Crippen LogP contribution is -2.29. The summed E-state index contributed by atoms with van der Waals surface area (Å²) in [6.45, 7) is 3.57. The van der Waals surface area contributed by atoms with E-state index in [1.54, 1.807) is 12.2 Å². The van der Waals surface area contributed by atoms with Gasteiger partial charge in [-0.1, -0.05) is 166 Å². The van der Waals surface area contributed by atoms with Crippen LogP contribution in [-0.2, 0) is 32.7 Å². The molecule has 0 amide bonds. The van der Waals surface area contributed by atoms with Crippen molar-refractivity contribution in [3.63, 3.8) is 0 Å². The molecule has 51 heavy (non-hydrogen) atoms. The summed E-state index contributed by atoms with van der Waals surface area (Å²) in [7, 11) is -4.40. The number of hydrogen-bond donors (Lipinski definition) is 2. The van der Waals surface area contributed by atoms with E-state index in [2.05, 4.69) is 26.0 Å². The second kappa shape index (κ2) is 38.0. The topological polar surface area (TPSA) is 134 Å². The van der Waals surface area contributed by atoms with Gasteiger partial charge in [0.25, 0.3) is 0 Å². The molecule has 0 aromatic rings. The first-order valence-electron chi connectivity index (χ1n) is 20.5. The molecule has 9 nitrogen and oxygen atoms in total. The number of carbonyl (C=O) groups is 2. The third kappa shape index (κ3) is 37.8. The van der Waals surface area contributed by atoms with Gasteiger partial charge >= 0.3 is 19.8 Å². The monoisotopic (exact) mass is 742 g/mol. The molecule has 10 heteroatoms. The Morgan fingerprint density at radius 3 is 1.67 bits per heavy atom. The Morgan fingerprint density at radius 1 is 0.627 bits per heavy atom. The van der Waals surface area contributed by atoms with E-state index in [0.717, 1.165) is 38.5 Å². The molecule has 0 aliphatic heterocycles. The summed E-state index contributed by atoms with van der Waals surface area (Å²) in [6.07, 6.45) is 40.9. The molecular formula is C41H76NO8P. The standard InChI is InChI=1S/C41H76NO8P/c1-3-5-7-9-11-13-15-17-19-21-23-25-27-29-31-33-40(43)47-37-39(38-49-51(45,46)48-36-35-42)50-41(44)34-32-30-28-26-24-22-20-18-16-14-12-10-8-6-4-2/h9,11,28,30,32,34,39H,3-8,10,12-27,29,31,33,35-38,42H2,1-2H3,(H,45,46)/b11-9+,30-28+,34-32+/t39-/m1/s1. The lowest BCUT2D eigenvalue weighted by molar-refractivity contribution is -0.157. The van der Waals surface area contributed by atoms with Gasteiger partial charge in [0.2, 0.25) is 0 Å². The van der Waals surface area contributed by atoms with Gasteiger partial charge in [-0.2, -0.15) is 0 Å². The largest absolute Gasteiger partial charge is 0.472 e. The lowest BCUT2D eigenvalue weighted by atomic mass is 10.1. The molecule has 0 fully saturated rings. The maximum Gasteiger partial charge on any atom is 0.472 e. The molecule has 0 aliphatic carbocycles. The van der Waals surface area contributed by atoms with Crippen molar-refractivity contribution in [2.24, 2.45) is 5.73 Å². The summed E-state index contributed by atoms with van der Waals surface area (Å²) in [6, 6.07) is 0. The second-order valence-electron chi connectivity index (χ2n) is 13.6. The van der Waals surface area contributed by atoms with Gasteiger partial charge in [-0.05, 0) is 38.5 Å². The fourth-order valence-electron chi connectivity index (χ4n) is 5.52. The molecule has 0 saturated carbocycles. The zero-order valence-electron chi connectivity index (χ0n) is 32.6. The van der Waals surface area contributed by atoms with Crippen molar-refractivity contribution in [1.82, 2.24) is 0 Å². The minimum absolute atomic E-state index is 0.0405. The van der Waals surface area contributed by atoms with Crippen molar-refractivity contribution in [2.75, 3.05) is 26.4 Å². The average molecular weight is 742 g/mol. The first-order valence-corrected chi connectivity index (χ1v) is 22.0. The Morgan fingerprint density at radius 2 is 1.12 bits per heavy atom. The van der Waals surface area contributed by atoms with E-state index in [4.69, 9.17) is 24.3 Å². The molecule has 2 atom stereocenters. The van der Waals surface area contributed by atoms with E-state index in [1.165, 1.54) is 128 Å².